The van der Waals surface area contributed by atoms with Gasteiger partial charge in [0.25, 0.3) is 0 Å². The molecule has 0 atom stereocenters. The van der Waals surface area contributed by atoms with Crippen molar-refractivity contribution in [2.45, 2.75) is 0 Å². The van der Waals surface area contributed by atoms with Gasteiger partial charge in [0, 0.05) is 10.6 Å². The summed E-state index contributed by atoms with van der Waals surface area (Å²) < 4.78 is 2.76. The molecule has 0 aliphatic carbocycles. The van der Waals surface area contributed by atoms with Crippen LogP contribution in [0.15, 0.2) is 65.3 Å². The SMILES string of the molecule is Clc1ccc(-n2nc(-c3ccccc3)cc2Br)cc1. The van der Waals surface area contributed by atoms with Gasteiger partial charge in [-0.15, -0.1) is 0 Å². The molecule has 1 heterocycles. The highest BCUT2D eigenvalue weighted by Gasteiger charge is 2.08. The minimum absolute atomic E-state index is 0.718. The molecule has 2 nitrogen and oxygen atoms in total. The molecule has 3 aromatic rings. The molecule has 2 aromatic carbocycles. The average Bonchev–Trinajstić information content (AvgIpc) is 2.83. The number of rotatable bonds is 2. The van der Waals surface area contributed by atoms with Crippen molar-refractivity contribution in [2.75, 3.05) is 0 Å². The first-order valence-electron chi connectivity index (χ1n) is 5.81. The summed E-state index contributed by atoms with van der Waals surface area (Å²) in [6.45, 7) is 0. The van der Waals surface area contributed by atoms with Crippen LogP contribution < -0.4 is 0 Å². The smallest absolute Gasteiger partial charge is 0.110 e. The van der Waals surface area contributed by atoms with E-state index in [2.05, 4.69) is 21.0 Å². The summed E-state index contributed by atoms with van der Waals surface area (Å²) in [6, 6.07) is 19.7. The van der Waals surface area contributed by atoms with Gasteiger partial charge in [-0.3, -0.25) is 0 Å². The molecule has 0 aliphatic heterocycles. The maximum atomic E-state index is 5.90. The zero-order valence-corrected chi connectivity index (χ0v) is 12.3. The Hall–Kier alpha value is -1.58. The quantitative estimate of drug-likeness (QED) is 0.648. The molecule has 0 fully saturated rings. The molecule has 0 amide bonds. The molecule has 0 bridgehead atoms. The van der Waals surface area contributed by atoms with Gasteiger partial charge in [-0.1, -0.05) is 41.9 Å². The highest BCUT2D eigenvalue weighted by molar-refractivity contribution is 9.10. The molecule has 0 spiro atoms. The number of aromatic nitrogens is 2. The highest BCUT2D eigenvalue weighted by atomic mass is 79.9. The molecule has 0 saturated heterocycles. The number of nitrogens with zero attached hydrogens (tertiary/aromatic N) is 2. The van der Waals surface area contributed by atoms with Gasteiger partial charge in [0.15, 0.2) is 0 Å². The number of halogens is 2. The van der Waals surface area contributed by atoms with Crippen molar-refractivity contribution in [3.63, 3.8) is 0 Å². The van der Waals surface area contributed by atoms with Crippen LogP contribution in [0.2, 0.25) is 5.02 Å². The predicted octanol–water partition coefficient (Wildman–Crippen LogP) is 4.96. The normalized spacial score (nSPS) is 10.6. The lowest BCUT2D eigenvalue weighted by Gasteiger charge is -2.02. The van der Waals surface area contributed by atoms with Crippen LogP contribution in [0.25, 0.3) is 16.9 Å². The number of hydrogen-bond donors (Lipinski definition) is 0. The first-order valence-corrected chi connectivity index (χ1v) is 6.98. The van der Waals surface area contributed by atoms with Crippen molar-refractivity contribution in [3.8, 4) is 16.9 Å². The summed E-state index contributed by atoms with van der Waals surface area (Å²) in [7, 11) is 0. The first-order chi connectivity index (χ1) is 9.24. The molecule has 0 unspecified atom stereocenters. The maximum absolute atomic E-state index is 5.90. The average molecular weight is 334 g/mol. The predicted molar refractivity (Wildman–Crippen MR) is 81.7 cm³/mol. The summed E-state index contributed by atoms with van der Waals surface area (Å²) in [6.07, 6.45) is 0. The van der Waals surface area contributed by atoms with Gasteiger partial charge in [0.2, 0.25) is 0 Å². The van der Waals surface area contributed by atoms with Gasteiger partial charge in [-0.2, -0.15) is 5.10 Å². The fourth-order valence-corrected chi connectivity index (χ4v) is 2.50. The zero-order chi connectivity index (χ0) is 13.2. The van der Waals surface area contributed by atoms with Crippen LogP contribution in [0.1, 0.15) is 0 Å². The standard InChI is InChI=1S/C15H10BrClN2/c16-15-10-14(11-4-2-1-3-5-11)18-19(15)13-8-6-12(17)7-9-13/h1-10H. The van der Waals surface area contributed by atoms with E-state index in [-0.39, 0.29) is 0 Å². The van der Waals surface area contributed by atoms with E-state index in [0.717, 1.165) is 26.6 Å². The van der Waals surface area contributed by atoms with E-state index in [0.29, 0.717) is 0 Å². The second-order valence-electron chi connectivity index (χ2n) is 4.11. The van der Waals surface area contributed by atoms with Crippen LogP contribution in [0.5, 0.6) is 0 Å². The van der Waals surface area contributed by atoms with E-state index < -0.39 is 0 Å². The first kappa shape index (κ1) is 12.5. The molecular weight excluding hydrogens is 324 g/mol. The van der Waals surface area contributed by atoms with Crippen LogP contribution in [0.4, 0.5) is 0 Å². The van der Waals surface area contributed by atoms with Crippen molar-refractivity contribution >= 4 is 27.5 Å². The van der Waals surface area contributed by atoms with Gasteiger partial charge in [0.1, 0.15) is 4.60 Å². The Bertz CT molecular complexity index is 690. The second kappa shape index (κ2) is 5.19. The Morgan fingerprint density at radius 2 is 1.63 bits per heavy atom. The minimum Gasteiger partial charge on any atom is -0.226 e. The van der Waals surface area contributed by atoms with Crippen molar-refractivity contribution in [1.29, 1.82) is 0 Å². The lowest BCUT2D eigenvalue weighted by molar-refractivity contribution is 0.864. The molecule has 0 saturated carbocycles. The molecule has 3 rings (SSSR count). The summed E-state index contributed by atoms with van der Waals surface area (Å²) in [4.78, 5) is 0. The van der Waals surface area contributed by atoms with Crippen LogP contribution in [-0.2, 0) is 0 Å². The molecular formula is C15H10BrClN2. The van der Waals surface area contributed by atoms with Gasteiger partial charge in [-0.25, -0.2) is 4.68 Å². The number of benzene rings is 2. The summed E-state index contributed by atoms with van der Waals surface area (Å²) in [5, 5.41) is 5.32. The summed E-state index contributed by atoms with van der Waals surface area (Å²) >= 11 is 9.44. The Balaban J connectivity index is 2.05. The van der Waals surface area contributed by atoms with Crippen molar-refractivity contribution in [3.05, 3.63) is 70.3 Å². The topological polar surface area (TPSA) is 17.8 Å². The molecule has 0 aliphatic rings. The van der Waals surface area contributed by atoms with Crippen LogP contribution in [0, 0.1) is 0 Å². The van der Waals surface area contributed by atoms with E-state index in [1.165, 1.54) is 0 Å². The summed E-state index contributed by atoms with van der Waals surface area (Å²) in [5.74, 6) is 0. The van der Waals surface area contributed by atoms with E-state index in [1.807, 2.05) is 65.3 Å². The second-order valence-corrected chi connectivity index (χ2v) is 5.36. The lowest BCUT2D eigenvalue weighted by Crippen LogP contribution is -1.96. The fourth-order valence-electron chi connectivity index (χ4n) is 1.87. The summed E-state index contributed by atoms with van der Waals surface area (Å²) in [5.41, 5.74) is 3.00. The molecule has 1 aromatic heterocycles. The van der Waals surface area contributed by atoms with E-state index in [1.54, 1.807) is 0 Å². The van der Waals surface area contributed by atoms with Crippen molar-refractivity contribution < 1.29 is 0 Å². The van der Waals surface area contributed by atoms with Crippen molar-refractivity contribution in [2.24, 2.45) is 0 Å². The van der Waals surface area contributed by atoms with E-state index in [9.17, 15) is 0 Å². The molecule has 4 heteroatoms. The Morgan fingerprint density at radius 3 is 2.32 bits per heavy atom. The zero-order valence-electron chi connectivity index (χ0n) is 9.92. The highest BCUT2D eigenvalue weighted by Crippen LogP contribution is 2.25. The van der Waals surface area contributed by atoms with E-state index >= 15 is 0 Å². The maximum Gasteiger partial charge on any atom is 0.110 e. The molecule has 19 heavy (non-hydrogen) atoms. The molecule has 94 valence electrons. The third-order valence-corrected chi connectivity index (χ3v) is 3.62. The minimum atomic E-state index is 0.718. The van der Waals surface area contributed by atoms with Gasteiger partial charge < -0.3 is 0 Å². The lowest BCUT2D eigenvalue weighted by atomic mass is 10.2. The van der Waals surface area contributed by atoms with Gasteiger partial charge >= 0.3 is 0 Å². The van der Waals surface area contributed by atoms with Crippen LogP contribution in [-0.4, -0.2) is 9.78 Å². The molecule has 0 N–H and O–H groups in total. The van der Waals surface area contributed by atoms with Crippen LogP contribution >= 0.6 is 27.5 Å². The van der Waals surface area contributed by atoms with Gasteiger partial charge in [0.05, 0.1) is 11.4 Å². The van der Waals surface area contributed by atoms with Crippen molar-refractivity contribution in [1.82, 2.24) is 9.78 Å². The third kappa shape index (κ3) is 2.57. The Kier molecular flexibility index (Phi) is 3.40. The van der Waals surface area contributed by atoms with Gasteiger partial charge in [-0.05, 0) is 46.3 Å². The molecule has 0 radical (unpaired) electrons. The largest absolute Gasteiger partial charge is 0.226 e. The Labute approximate surface area is 124 Å². The fraction of sp³-hybridized carbons (Fsp3) is 0. The Morgan fingerprint density at radius 1 is 0.947 bits per heavy atom. The van der Waals surface area contributed by atoms with Crippen LogP contribution in [0.3, 0.4) is 0 Å². The monoisotopic (exact) mass is 332 g/mol. The third-order valence-electron chi connectivity index (χ3n) is 2.81. The van der Waals surface area contributed by atoms with E-state index in [4.69, 9.17) is 11.6 Å². The number of hydrogen-bond acceptors (Lipinski definition) is 1.